The van der Waals surface area contributed by atoms with Crippen LogP contribution in [0.15, 0.2) is 18.2 Å². The fraction of sp³-hybridized carbons (Fsp3) is 0.529. The Labute approximate surface area is 126 Å². The molecule has 0 saturated heterocycles. The number of aryl methyl sites for hydroxylation is 3. The molecule has 0 bridgehead atoms. The van der Waals surface area contributed by atoms with Crippen LogP contribution in [0.3, 0.4) is 0 Å². The van der Waals surface area contributed by atoms with Crippen molar-refractivity contribution in [1.29, 1.82) is 0 Å². The van der Waals surface area contributed by atoms with Crippen molar-refractivity contribution < 1.29 is 14.7 Å². The van der Waals surface area contributed by atoms with E-state index in [0.29, 0.717) is 19.3 Å². The molecule has 0 aliphatic rings. The van der Waals surface area contributed by atoms with E-state index in [1.165, 1.54) is 11.1 Å². The molecule has 0 aliphatic carbocycles. The highest BCUT2D eigenvalue weighted by molar-refractivity contribution is 5.77. The Balaban J connectivity index is 2.41. The number of hydrogen-bond acceptors (Lipinski definition) is 2. The third-order valence-corrected chi connectivity index (χ3v) is 3.45. The Morgan fingerprint density at radius 3 is 2.33 bits per heavy atom. The fourth-order valence-electron chi connectivity index (χ4n) is 2.46. The van der Waals surface area contributed by atoms with E-state index in [4.69, 9.17) is 5.11 Å². The van der Waals surface area contributed by atoms with Gasteiger partial charge in [0.15, 0.2) is 0 Å². The summed E-state index contributed by atoms with van der Waals surface area (Å²) in [6, 6.07) is 6.26. The summed E-state index contributed by atoms with van der Waals surface area (Å²) in [5.41, 5.74) is 3.53. The average Bonchev–Trinajstić information content (AvgIpc) is 2.39. The largest absolute Gasteiger partial charge is 0.481 e. The van der Waals surface area contributed by atoms with Crippen LogP contribution in [0.5, 0.6) is 0 Å². The summed E-state index contributed by atoms with van der Waals surface area (Å²) >= 11 is 0. The van der Waals surface area contributed by atoms with E-state index in [-0.39, 0.29) is 12.5 Å². The molecule has 4 nitrogen and oxygen atoms in total. The summed E-state index contributed by atoms with van der Waals surface area (Å²) < 4.78 is 0. The number of benzene rings is 1. The Kier molecular flexibility index (Phi) is 6.92. The topological polar surface area (TPSA) is 66.4 Å². The molecule has 1 unspecified atom stereocenters. The van der Waals surface area contributed by atoms with Gasteiger partial charge in [-0.1, -0.05) is 42.7 Å². The molecule has 0 saturated carbocycles. The third kappa shape index (κ3) is 6.43. The molecule has 4 heteroatoms. The third-order valence-electron chi connectivity index (χ3n) is 3.45. The summed E-state index contributed by atoms with van der Waals surface area (Å²) in [5.74, 6) is -1.41. The van der Waals surface area contributed by atoms with Crippen LogP contribution in [0.25, 0.3) is 0 Å². The maximum absolute atomic E-state index is 11.8. The normalized spacial score (nSPS) is 12.0. The summed E-state index contributed by atoms with van der Waals surface area (Å²) in [5, 5.41) is 11.8. The molecular formula is C17H25NO3. The number of aliphatic carboxylic acids is 1. The van der Waals surface area contributed by atoms with Gasteiger partial charge in [0.25, 0.3) is 0 Å². The van der Waals surface area contributed by atoms with Crippen LogP contribution < -0.4 is 5.32 Å². The summed E-state index contributed by atoms with van der Waals surface area (Å²) in [6.45, 7) is 6.24. The summed E-state index contributed by atoms with van der Waals surface area (Å²) in [7, 11) is 0. The number of nitrogens with one attached hydrogen (secondary N) is 1. The molecule has 116 valence electrons. The van der Waals surface area contributed by atoms with Gasteiger partial charge in [-0.2, -0.15) is 0 Å². The highest BCUT2D eigenvalue weighted by Crippen LogP contribution is 2.11. The first-order valence-electron chi connectivity index (χ1n) is 7.49. The molecule has 0 aromatic heterocycles. The van der Waals surface area contributed by atoms with Crippen molar-refractivity contribution in [3.05, 3.63) is 34.9 Å². The first-order valence-corrected chi connectivity index (χ1v) is 7.49. The lowest BCUT2D eigenvalue weighted by molar-refractivity contribution is -0.141. The predicted molar refractivity (Wildman–Crippen MR) is 83.3 cm³/mol. The van der Waals surface area contributed by atoms with Crippen LogP contribution in [0.4, 0.5) is 0 Å². The molecule has 0 aliphatic heterocycles. The number of carboxylic acids is 1. The average molecular weight is 291 g/mol. The van der Waals surface area contributed by atoms with E-state index in [1.54, 1.807) is 0 Å². The van der Waals surface area contributed by atoms with Crippen molar-refractivity contribution >= 4 is 11.9 Å². The van der Waals surface area contributed by atoms with Gasteiger partial charge in [0.1, 0.15) is 0 Å². The first kappa shape index (κ1) is 17.2. The van der Waals surface area contributed by atoms with Gasteiger partial charge in [-0.3, -0.25) is 9.59 Å². The van der Waals surface area contributed by atoms with E-state index >= 15 is 0 Å². The van der Waals surface area contributed by atoms with E-state index in [0.717, 1.165) is 12.0 Å². The second kappa shape index (κ2) is 8.45. The van der Waals surface area contributed by atoms with Crippen molar-refractivity contribution in [2.24, 2.45) is 5.92 Å². The van der Waals surface area contributed by atoms with Gasteiger partial charge < -0.3 is 10.4 Å². The van der Waals surface area contributed by atoms with Gasteiger partial charge in [-0.25, -0.2) is 0 Å². The minimum absolute atomic E-state index is 0.0866. The standard InChI is InChI=1S/C17H25NO3/c1-4-5-15(17(20)21)11-18-16(19)7-6-14-9-12(2)8-13(3)10-14/h8-10,15H,4-7,11H2,1-3H3,(H,18,19)(H,20,21). The molecular weight excluding hydrogens is 266 g/mol. The highest BCUT2D eigenvalue weighted by atomic mass is 16.4. The van der Waals surface area contributed by atoms with Crippen LogP contribution in [0, 0.1) is 19.8 Å². The number of carboxylic acid groups (broad SMARTS) is 1. The zero-order chi connectivity index (χ0) is 15.8. The Morgan fingerprint density at radius 1 is 1.19 bits per heavy atom. The van der Waals surface area contributed by atoms with E-state index in [2.05, 4.69) is 23.5 Å². The van der Waals surface area contributed by atoms with Crippen LogP contribution in [-0.2, 0) is 16.0 Å². The molecule has 0 heterocycles. The smallest absolute Gasteiger partial charge is 0.308 e. The maximum atomic E-state index is 11.8. The van der Waals surface area contributed by atoms with Gasteiger partial charge in [-0.05, 0) is 32.3 Å². The van der Waals surface area contributed by atoms with Gasteiger partial charge in [0, 0.05) is 13.0 Å². The van der Waals surface area contributed by atoms with Crippen LogP contribution >= 0.6 is 0 Å². The zero-order valence-electron chi connectivity index (χ0n) is 13.1. The van der Waals surface area contributed by atoms with Crippen LogP contribution in [0.1, 0.15) is 42.9 Å². The van der Waals surface area contributed by atoms with Gasteiger partial charge >= 0.3 is 5.97 Å². The molecule has 0 radical (unpaired) electrons. The number of rotatable bonds is 8. The van der Waals surface area contributed by atoms with Crippen molar-refractivity contribution in [2.45, 2.75) is 46.5 Å². The SMILES string of the molecule is CCCC(CNC(=O)CCc1cc(C)cc(C)c1)C(=O)O. The van der Waals surface area contributed by atoms with Crippen molar-refractivity contribution in [3.8, 4) is 0 Å². The molecule has 1 rings (SSSR count). The Bertz CT molecular complexity index is 477. The van der Waals surface area contributed by atoms with Crippen molar-refractivity contribution in [2.75, 3.05) is 6.54 Å². The van der Waals surface area contributed by atoms with Gasteiger partial charge in [0.05, 0.1) is 5.92 Å². The lowest BCUT2D eigenvalue weighted by Crippen LogP contribution is -2.33. The molecule has 21 heavy (non-hydrogen) atoms. The van der Waals surface area contributed by atoms with E-state index in [9.17, 15) is 9.59 Å². The monoisotopic (exact) mass is 291 g/mol. The number of carbonyl (C=O) groups excluding carboxylic acids is 1. The second-order valence-corrected chi connectivity index (χ2v) is 5.62. The van der Waals surface area contributed by atoms with E-state index < -0.39 is 11.9 Å². The lowest BCUT2D eigenvalue weighted by Gasteiger charge is -2.12. The number of amides is 1. The van der Waals surface area contributed by atoms with Crippen LogP contribution in [0.2, 0.25) is 0 Å². The molecule has 1 aromatic rings. The summed E-state index contributed by atoms with van der Waals surface area (Å²) in [6.07, 6.45) is 2.46. The number of hydrogen-bond donors (Lipinski definition) is 2. The Hall–Kier alpha value is -1.84. The number of carbonyl (C=O) groups is 2. The Morgan fingerprint density at radius 2 is 1.81 bits per heavy atom. The van der Waals surface area contributed by atoms with Crippen LogP contribution in [-0.4, -0.2) is 23.5 Å². The molecule has 2 N–H and O–H groups in total. The molecule has 1 amide bonds. The predicted octanol–water partition coefficient (Wildman–Crippen LogP) is 2.85. The van der Waals surface area contributed by atoms with Gasteiger partial charge in [0.2, 0.25) is 5.91 Å². The molecule has 0 fully saturated rings. The first-order chi connectivity index (χ1) is 9.92. The lowest BCUT2D eigenvalue weighted by atomic mass is 10.0. The molecule has 1 atom stereocenters. The fourth-order valence-corrected chi connectivity index (χ4v) is 2.46. The van der Waals surface area contributed by atoms with Gasteiger partial charge in [-0.15, -0.1) is 0 Å². The molecule has 1 aromatic carbocycles. The van der Waals surface area contributed by atoms with Crippen molar-refractivity contribution in [1.82, 2.24) is 5.32 Å². The van der Waals surface area contributed by atoms with E-state index in [1.807, 2.05) is 20.8 Å². The minimum Gasteiger partial charge on any atom is -0.481 e. The second-order valence-electron chi connectivity index (χ2n) is 5.62. The quantitative estimate of drug-likeness (QED) is 0.774. The summed E-state index contributed by atoms with van der Waals surface area (Å²) in [4.78, 5) is 22.8. The van der Waals surface area contributed by atoms with Crippen molar-refractivity contribution in [3.63, 3.8) is 0 Å². The maximum Gasteiger partial charge on any atom is 0.308 e. The zero-order valence-corrected chi connectivity index (χ0v) is 13.1. The molecule has 0 spiro atoms. The highest BCUT2D eigenvalue weighted by Gasteiger charge is 2.17. The minimum atomic E-state index is -0.841.